The van der Waals surface area contributed by atoms with Crippen molar-refractivity contribution in [2.45, 2.75) is 289 Å². The van der Waals surface area contributed by atoms with Crippen LogP contribution in [0.1, 0.15) is 271 Å². The van der Waals surface area contributed by atoms with E-state index < -0.39 is 18.2 Å². The Labute approximate surface area is 349 Å². The molecule has 0 heterocycles. The van der Waals surface area contributed by atoms with Crippen LogP contribution in [0.4, 0.5) is 0 Å². The fourth-order valence-corrected chi connectivity index (χ4v) is 7.78. The molecule has 0 aliphatic heterocycles. The van der Waals surface area contributed by atoms with E-state index in [0.29, 0.717) is 19.3 Å². The van der Waals surface area contributed by atoms with Crippen LogP contribution in [0.5, 0.6) is 0 Å². The van der Waals surface area contributed by atoms with Crippen molar-refractivity contribution >= 4 is 11.9 Å². The lowest BCUT2D eigenvalue weighted by Gasteiger charge is -2.24. The first-order valence-electron chi connectivity index (χ1n) is 24.9. The fraction of sp³-hybridized carbons (Fsp3) is 0.920. The second-order valence-corrected chi connectivity index (χ2v) is 17.2. The topological polar surface area (TPSA) is 95.9 Å². The molecule has 0 aromatic heterocycles. The molecule has 0 aromatic carbocycles. The molecule has 0 bridgehead atoms. The van der Waals surface area contributed by atoms with E-state index in [4.69, 9.17) is 4.74 Å². The number of aliphatic hydroxyl groups excluding tert-OH is 2. The molecular formula is C50H97NO5. The average molecular weight is 792 g/mol. The van der Waals surface area contributed by atoms with E-state index >= 15 is 0 Å². The number of ether oxygens (including phenoxy) is 1. The van der Waals surface area contributed by atoms with Crippen LogP contribution in [0.3, 0.4) is 0 Å². The minimum absolute atomic E-state index is 0.0632. The Morgan fingerprint density at radius 3 is 1.30 bits per heavy atom. The Bertz CT molecular complexity index is 847. The Kier molecular flexibility index (Phi) is 43.6. The largest absolute Gasteiger partial charge is 0.462 e. The van der Waals surface area contributed by atoms with E-state index in [-0.39, 0.29) is 24.9 Å². The van der Waals surface area contributed by atoms with Gasteiger partial charge in [0.25, 0.3) is 0 Å². The molecule has 332 valence electrons. The summed E-state index contributed by atoms with van der Waals surface area (Å²) in [5, 5.41) is 23.6. The predicted molar refractivity (Wildman–Crippen MR) is 241 cm³/mol. The predicted octanol–water partition coefficient (Wildman–Crippen LogP) is 14.6. The number of carbonyl (C=O) groups is 2. The standard InChI is InChI=1S/C50H97NO5/c1-4-7-10-13-16-19-21-23-24-25-26-28-31-34-37-40-43-50(55)56-46(41-38-35-32-30-27-22-20-17-14-11-8-5-2)44-49(54)51-47(45-52)48(53)42-39-36-33-29-18-15-12-9-6-3/h30,32,46-48,52-53H,4-29,31,33-45H2,1-3H3,(H,51,54)/b32-30-. The van der Waals surface area contributed by atoms with Crippen molar-refractivity contribution in [3.63, 3.8) is 0 Å². The molecule has 6 nitrogen and oxygen atoms in total. The first-order valence-corrected chi connectivity index (χ1v) is 24.9. The van der Waals surface area contributed by atoms with Crippen molar-refractivity contribution in [2.24, 2.45) is 0 Å². The summed E-state index contributed by atoms with van der Waals surface area (Å²) in [5.41, 5.74) is 0. The van der Waals surface area contributed by atoms with Gasteiger partial charge < -0.3 is 20.3 Å². The zero-order chi connectivity index (χ0) is 41.0. The van der Waals surface area contributed by atoms with Gasteiger partial charge in [0.05, 0.1) is 25.2 Å². The highest BCUT2D eigenvalue weighted by atomic mass is 16.5. The molecule has 3 N–H and O–H groups in total. The molecule has 56 heavy (non-hydrogen) atoms. The number of allylic oxidation sites excluding steroid dienone is 2. The number of rotatable bonds is 45. The van der Waals surface area contributed by atoms with Crippen LogP contribution < -0.4 is 5.32 Å². The third-order valence-electron chi connectivity index (χ3n) is 11.6. The molecule has 0 saturated heterocycles. The highest BCUT2D eigenvalue weighted by Gasteiger charge is 2.24. The van der Waals surface area contributed by atoms with Crippen LogP contribution in [-0.4, -0.2) is 46.9 Å². The van der Waals surface area contributed by atoms with Crippen LogP contribution in [0, 0.1) is 0 Å². The quantitative estimate of drug-likeness (QED) is 0.0324. The summed E-state index contributed by atoms with van der Waals surface area (Å²) < 4.78 is 5.91. The fourth-order valence-electron chi connectivity index (χ4n) is 7.78. The van der Waals surface area contributed by atoms with E-state index in [1.54, 1.807) is 0 Å². The van der Waals surface area contributed by atoms with Gasteiger partial charge in [0.2, 0.25) is 5.91 Å². The van der Waals surface area contributed by atoms with Gasteiger partial charge in [0.1, 0.15) is 6.10 Å². The van der Waals surface area contributed by atoms with Gasteiger partial charge in [-0.2, -0.15) is 0 Å². The second kappa shape index (κ2) is 44.7. The van der Waals surface area contributed by atoms with Crippen LogP contribution in [0.25, 0.3) is 0 Å². The lowest BCUT2D eigenvalue weighted by molar-refractivity contribution is -0.151. The maximum Gasteiger partial charge on any atom is 0.306 e. The van der Waals surface area contributed by atoms with Crippen LogP contribution >= 0.6 is 0 Å². The first kappa shape index (κ1) is 54.6. The first-order chi connectivity index (χ1) is 27.5. The summed E-state index contributed by atoms with van der Waals surface area (Å²) in [6.07, 6.45) is 48.5. The number of carbonyl (C=O) groups excluding carboxylic acids is 2. The van der Waals surface area contributed by atoms with Gasteiger partial charge in [-0.3, -0.25) is 9.59 Å². The van der Waals surface area contributed by atoms with Crippen LogP contribution in [0.15, 0.2) is 12.2 Å². The molecule has 0 aliphatic carbocycles. The highest BCUT2D eigenvalue weighted by molar-refractivity contribution is 5.77. The lowest BCUT2D eigenvalue weighted by Crippen LogP contribution is -2.46. The van der Waals surface area contributed by atoms with E-state index in [1.807, 2.05) is 0 Å². The van der Waals surface area contributed by atoms with E-state index in [1.165, 1.54) is 167 Å². The van der Waals surface area contributed by atoms with E-state index in [9.17, 15) is 19.8 Å². The summed E-state index contributed by atoms with van der Waals surface area (Å²) in [4.78, 5) is 26.0. The Hall–Kier alpha value is -1.40. The molecule has 0 spiro atoms. The van der Waals surface area contributed by atoms with Gasteiger partial charge in [0, 0.05) is 6.42 Å². The van der Waals surface area contributed by atoms with Gasteiger partial charge in [-0.15, -0.1) is 0 Å². The van der Waals surface area contributed by atoms with Crippen LogP contribution in [-0.2, 0) is 14.3 Å². The van der Waals surface area contributed by atoms with Crippen molar-refractivity contribution in [3.8, 4) is 0 Å². The third-order valence-corrected chi connectivity index (χ3v) is 11.6. The van der Waals surface area contributed by atoms with E-state index in [0.717, 1.165) is 57.8 Å². The molecule has 0 aliphatic rings. The molecular weight excluding hydrogens is 695 g/mol. The molecule has 1 amide bonds. The number of hydrogen-bond acceptors (Lipinski definition) is 5. The summed E-state index contributed by atoms with van der Waals surface area (Å²) in [6, 6.07) is -0.701. The smallest absolute Gasteiger partial charge is 0.306 e. The molecule has 0 radical (unpaired) electrons. The minimum atomic E-state index is -0.786. The molecule has 0 rings (SSSR count). The van der Waals surface area contributed by atoms with Gasteiger partial charge in [0.15, 0.2) is 0 Å². The average Bonchev–Trinajstić information content (AvgIpc) is 3.19. The molecule has 3 atom stereocenters. The third kappa shape index (κ3) is 39.4. The minimum Gasteiger partial charge on any atom is -0.462 e. The summed E-state index contributed by atoms with van der Waals surface area (Å²) in [6.45, 7) is 6.46. The zero-order valence-corrected chi connectivity index (χ0v) is 37.8. The lowest BCUT2D eigenvalue weighted by atomic mass is 10.0. The maximum absolute atomic E-state index is 13.1. The molecule has 3 unspecified atom stereocenters. The molecule has 6 heteroatoms. The number of esters is 1. The zero-order valence-electron chi connectivity index (χ0n) is 37.8. The van der Waals surface area contributed by atoms with Crippen molar-refractivity contribution in [3.05, 3.63) is 12.2 Å². The molecule has 0 fully saturated rings. The van der Waals surface area contributed by atoms with Gasteiger partial charge in [-0.1, -0.05) is 226 Å². The van der Waals surface area contributed by atoms with E-state index in [2.05, 4.69) is 38.2 Å². The van der Waals surface area contributed by atoms with Crippen molar-refractivity contribution in [1.82, 2.24) is 5.32 Å². The number of unbranched alkanes of at least 4 members (excludes halogenated alkanes) is 31. The van der Waals surface area contributed by atoms with Gasteiger partial charge >= 0.3 is 5.97 Å². The summed E-state index contributed by atoms with van der Waals surface area (Å²) in [5.74, 6) is -0.489. The molecule has 0 saturated carbocycles. The number of hydrogen-bond donors (Lipinski definition) is 3. The maximum atomic E-state index is 13.1. The highest BCUT2D eigenvalue weighted by Crippen LogP contribution is 2.17. The van der Waals surface area contributed by atoms with Gasteiger partial charge in [-0.25, -0.2) is 0 Å². The monoisotopic (exact) mass is 792 g/mol. The van der Waals surface area contributed by atoms with Crippen molar-refractivity contribution < 1.29 is 24.5 Å². The van der Waals surface area contributed by atoms with Crippen molar-refractivity contribution in [2.75, 3.05) is 6.61 Å². The Morgan fingerprint density at radius 1 is 0.500 bits per heavy atom. The second-order valence-electron chi connectivity index (χ2n) is 17.2. The van der Waals surface area contributed by atoms with Crippen molar-refractivity contribution in [1.29, 1.82) is 0 Å². The number of nitrogens with one attached hydrogen (secondary N) is 1. The Balaban J connectivity index is 4.53. The summed E-state index contributed by atoms with van der Waals surface area (Å²) >= 11 is 0. The van der Waals surface area contributed by atoms with Crippen LogP contribution in [0.2, 0.25) is 0 Å². The Morgan fingerprint density at radius 2 is 0.875 bits per heavy atom. The molecule has 0 aromatic rings. The summed E-state index contributed by atoms with van der Waals surface area (Å²) in [7, 11) is 0. The number of aliphatic hydroxyl groups is 2. The van der Waals surface area contributed by atoms with Gasteiger partial charge in [-0.05, 0) is 44.9 Å². The SMILES string of the molecule is CCCCCCCCC/C=C\CCCC(CC(=O)NC(CO)C(O)CCCCCCCCCCC)OC(=O)CCCCCCCCCCCCCCCCCC. The normalized spacial score (nSPS) is 13.3. The number of amides is 1.